The number of likely N-dealkylation sites (tertiary alicyclic amines) is 1. The molecule has 1 saturated carbocycles. The lowest BCUT2D eigenvalue weighted by molar-refractivity contribution is -0.138. The van der Waals surface area contributed by atoms with Gasteiger partial charge in [0.05, 0.1) is 30.8 Å². The number of rotatable bonds is 8. The Kier molecular flexibility index (Phi) is 8.87. The van der Waals surface area contributed by atoms with Gasteiger partial charge in [0.1, 0.15) is 5.69 Å². The number of methoxy groups -OCH3 is 1. The zero-order valence-corrected chi connectivity index (χ0v) is 27.0. The van der Waals surface area contributed by atoms with Crippen molar-refractivity contribution in [3.05, 3.63) is 62.1 Å². The van der Waals surface area contributed by atoms with Crippen LogP contribution in [0, 0.1) is 5.82 Å². The molecule has 2 aliphatic heterocycles. The van der Waals surface area contributed by atoms with Gasteiger partial charge in [-0.15, -0.1) is 0 Å². The molecule has 10 nitrogen and oxygen atoms in total. The Morgan fingerprint density at radius 3 is 2.40 bits per heavy atom. The van der Waals surface area contributed by atoms with Crippen LogP contribution < -0.4 is 25.1 Å². The maximum Gasteiger partial charge on any atom is 0.413 e. The average molecular weight is 661 g/mol. The quantitative estimate of drug-likeness (QED) is 0.355. The first-order valence-corrected chi connectivity index (χ1v) is 15.9. The number of aromatic nitrogens is 1. The van der Waals surface area contributed by atoms with Crippen molar-refractivity contribution in [1.29, 1.82) is 0 Å². The molecular weight excluding hydrogens is 624 g/mol. The number of hydrogen-bond acceptors (Lipinski definition) is 7. The summed E-state index contributed by atoms with van der Waals surface area (Å²) in [6.07, 6.45) is 3.45. The monoisotopic (exact) mass is 659 g/mol. The van der Waals surface area contributed by atoms with Crippen LogP contribution in [0.4, 0.5) is 14.9 Å². The van der Waals surface area contributed by atoms with Crippen LogP contribution in [0.2, 0.25) is 10.0 Å². The molecule has 2 saturated heterocycles. The van der Waals surface area contributed by atoms with Gasteiger partial charge in [-0.1, -0.05) is 29.3 Å². The SMILES string of the molecule is COc1c(N2CC(C)N(C(=O)CN3CCC3)C(C)C2)c(F)cc2c(=O)c(OC(=O)NCc3ccc(Cl)cc3Cl)cn(C3CC3)c12. The van der Waals surface area contributed by atoms with Crippen molar-refractivity contribution < 1.29 is 23.5 Å². The topological polar surface area (TPSA) is 96.4 Å². The van der Waals surface area contributed by atoms with Crippen LogP contribution in [0.15, 0.2) is 35.3 Å². The fourth-order valence-corrected chi connectivity index (χ4v) is 6.87. The van der Waals surface area contributed by atoms with Crippen molar-refractivity contribution in [2.45, 2.75) is 57.8 Å². The van der Waals surface area contributed by atoms with Gasteiger partial charge in [-0.2, -0.15) is 0 Å². The Morgan fingerprint density at radius 2 is 1.80 bits per heavy atom. The fraction of sp³-hybridized carbons (Fsp3) is 0.469. The van der Waals surface area contributed by atoms with E-state index in [2.05, 4.69) is 10.2 Å². The van der Waals surface area contributed by atoms with Gasteiger partial charge in [0, 0.05) is 47.8 Å². The number of benzene rings is 2. The number of hydrogen-bond donors (Lipinski definition) is 1. The lowest BCUT2D eigenvalue weighted by Gasteiger charge is -2.46. The summed E-state index contributed by atoms with van der Waals surface area (Å²) < 4.78 is 29.2. The Hall–Kier alpha value is -3.54. The van der Waals surface area contributed by atoms with Gasteiger partial charge in [-0.3, -0.25) is 14.5 Å². The maximum absolute atomic E-state index is 16.1. The molecule has 13 heteroatoms. The van der Waals surface area contributed by atoms with Crippen LogP contribution in [-0.2, 0) is 11.3 Å². The first-order valence-electron chi connectivity index (χ1n) is 15.2. The molecule has 2 unspecified atom stereocenters. The van der Waals surface area contributed by atoms with Gasteiger partial charge in [0.2, 0.25) is 11.3 Å². The highest BCUT2D eigenvalue weighted by Gasteiger charge is 2.37. The molecule has 0 radical (unpaired) electrons. The van der Waals surface area contributed by atoms with Crippen molar-refractivity contribution in [3.8, 4) is 11.5 Å². The fourth-order valence-electron chi connectivity index (χ4n) is 6.40. The second-order valence-electron chi connectivity index (χ2n) is 12.1. The van der Waals surface area contributed by atoms with E-state index in [1.54, 1.807) is 18.2 Å². The Labute approximate surface area is 270 Å². The third kappa shape index (κ3) is 6.30. The third-order valence-electron chi connectivity index (χ3n) is 8.78. The molecule has 3 aliphatic rings. The molecule has 1 aliphatic carbocycles. The Balaban J connectivity index is 1.29. The zero-order valence-electron chi connectivity index (χ0n) is 25.4. The van der Waals surface area contributed by atoms with Crippen molar-refractivity contribution in [3.63, 3.8) is 0 Å². The second-order valence-corrected chi connectivity index (χ2v) is 13.0. The highest BCUT2D eigenvalue weighted by atomic mass is 35.5. The van der Waals surface area contributed by atoms with E-state index in [9.17, 15) is 14.4 Å². The van der Waals surface area contributed by atoms with Gasteiger partial charge < -0.3 is 29.2 Å². The van der Waals surface area contributed by atoms with Crippen LogP contribution in [0.25, 0.3) is 10.9 Å². The first kappa shape index (κ1) is 31.4. The van der Waals surface area contributed by atoms with E-state index in [1.807, 2.05) is 28.2 Å². The molecule has 2 atom stereocenters. The molecule has 1 N–H and O–H groups in total. The highest BCUT2D eigenvalue weighted by Crippen LogP contribution is 2.44. The van der Waals surface area contributed by atoms with Crippen molar-refractivity contribution >= 4 is 51.8 Å². The summed E-state index contributed by atoms with van der Waals surface area (Å²) in [5.41, 5.74) is 0.682. The van der Waals surface area contributed by atoms with Crippen LogP contribution in [0.1, 0.15) is 44.7 Å². The van der Waals surface area contributed by atoms with Crippen molar-refractivity contribution in [2.75, 3.05) is 44.7 Å². The van der Waals surface area contributed by atoms with E-state index in [1.165, 1.54) is 19.4 Å². The molecule has 240 valence electrons. The van der Waals surface area contributed by atoms with E-state index >= 15 is 4.39 Å². The van der Waals surface area contributed by atoms with E-state index in [0.29, 0.717) is 40.8 Å². The van der Waals surface area contributed by atoms with E-state index in [0.717, 1.165) is 32.4 Å². The Morgan fingerprint density at radius 1 is 1.09 bits per heavy atom. The van der Waals surface area contributed by atoms with Gasteiger partial charge in [0.25, 0.3) is 0 Å². The number of halogens is 3. The molecule has 45 heavy (non-hydrogen) atoms. The summed E-state index contributed by atoms with van der Waals surface area (Å²) in [7, 11) is 1.46. The number of ether oxygens (including phenoxy) is 2. The largest absolute Gasteiger partial charge is 0.492 e. The van der Waals surface area contributed by atoms with Crippen LogP contribution >= 0.6 is 23.2 Å². The van der Waals surface area contributed by atoms with Crippen molar-refractivity contribution in [1.82, 2.24) is 19.7 Å². The molecular formula is C32H36Cl2FN5O5. The summed E-state index contributed by atoms with van der Waals surface area (Å²) in [5.74, 6) is -0.532. The standard InChI is InChI=1S/C32H36Cl2FN5O5/c1-18-14-38(15-19(2)40(18)27(41)17-37-9-4-10-37)29-25(35)12-23-28(31(29)44-3)39(22-7-8-22)16-26(30(23)42)45-32(43)36-13-20-5-6-21(33)11-24(20)34/h5-6,11-12,16,18-19,22H,4,7-10,13-15,17H2,1-3H3,(H,36,43). The maximum atomic E-state index is 16.1. The average Bonchev–Trinajstić information content (AvgIpc) is 3.80. The van der Waals surface area contributed by atoms with E-state index in [-0.39, 0.29) is 53.2 Å². The number of nitrogens with zero attached hydrogens (tertiary/aromatic N) is 4. The molecule has 0 bridgehead atoms. The number of fused-ring (bicyclic) bond motifs is 1. The predicted octanol–water partition coefficient (Wildman–Crippen LogP) is 5.21. The van der Waals surface area contributed by atoms with Crippen molar-refractivity contribution in [2.24, 2.45) is 0 Å². The normalized spacial score (nSPS) is 20.2. The smallest absolute Gasteiger partial charge is 0.413 e. The molecule has 6 rings (SSSR count). The molecule has 1 aromatic heterocycles. The third-order valence-corrected chi connectivity index (χ3v) is 9.37. The first-order chi connectivity index (χ1) is 21.5. The predicted molar refractivity (Wildman–Crippen MR) is 171 cm³/mol. The van der Waals surface area contributed by atoms with E-state index in [4.69, 9.17) is 32.7 Å². The number of nitrogens with one attached hydrogen (secondary N) is 1. The number of carbonyl (C=O) groups excluding carboxylic acids is 2. The minimum absolute atomic E-state index is 0.0346. The lowest BCUT2D eigenvalue weighted by atomic mass is 10.0. The summed E-state index contributed by atoms with van der Waals surface area (Å²) in [6.45, 7) is 7.07. The number of piperazine rings is 1. The van der Waals surface area contributed by atoms with E-state index < -0.39 is 17.3 Å². The molecule has 3 heterocycles. The van der Waals surface area contributed by atoms with Gasteiger partial charge >= 0.3 is 6.09 Å². The summed E-state index contributed by atoms with van der Waals surface area (Å²) in [6, 6.07) is 5.80. The van der Waals surface area contributed by atoms with Crippen LogP contribution in [0.5, 0.6) is 11.5 Å². The lowest BCUT2D eigenvalue weighted by Crippen LogP contribution is -2.61. The van der Waals surface area contributed by atoms with Crippen LogP contribution in [0.3, 0.4) is 0 Å². The summed E-state index contributed by atoms with van der Waals surface area (Å²) in [4.78, 5) is 45.4. The Bertz CT molecular complexity index is 1700. The molecule has 3 aromatic rings. The van der Waals surface area contributed by atoms with Gasteiger partial charge in [-0.25, -0.2) is 9.18 Å². The minimum Gasteiger partial charge on any atom is -0.492 e. The summed E-state index contributed by atoms with van der Waals surface area (Å²) >= 11 is 12.1. The highest BCUT2D eigenvalue weighted by molar-refractivity contribution is 6.35. The molecule has 2 amide bonds. The number of carbonyl (C=O) groups is 2. The number of anilines is 1. The number of amides is 2. The molecule has 3 fully saturated rings. The van der Waals surface area contributed by atoms with Crippen LogP contribution in [-0.4, -0.2) is 78.3 Å². The molecule has 2 aromatic carbocycles. The second kappa shape index (κ2) is 12.7. The zero-order chi connectivity index (χ0) is 32.0. The molecule has 0 spiro atoms. The minimum atomic E-state index is -0.853. The summed E-state index contributed by atoms with van der Waals surface area (Å²) in [5, 5.41) is 3.50. The van der Waals surface area contributed by atoms with Gasteiger partial charge in [-0.05, 0) is 70.0 Å². The number of pyridine rings is 1. The van der Waals surface area contributed by atoms with Gasteiger partial charge in [0.15, 0.2) is 17.3 Å².